The first-order valence-electron chi connectivity index (χ1n) is 4.20. The molecule has 2 rings (SSSR count). The molecule has 0 saturated carbocycles. The van der Waals surface area contributed by atoms with Gasteiger partial charge in [0.1, 0.15) is 0 Å². The van der Waals surface area contributed by atoms with Crippen molar-refractivity contribution in [3.63, 3.8) is 0 Å². The Bertz CT molecular complexity index is 326. The van der Waals surface area contributed by atoms with E-state index < -0.39 is 0 Å². The molecule has 0 radical (unpaired) electrons. The van der Waals surface area contributed by atoms with Crippen molar-refractivity contribution in [3.05, 3.63) is 63.6 Å². The van der Waals surface area contributed by atoms with Gasteiger partial charge in [0, 0.05) is 17.1 Å². The molecule has 0 saturated heterocycles. The van der Waals surface area contributed by atoms with E-state index in [4.69, 9.17) is 0 Å². The van der Waals surface area contributed by atoms with Gasteiger partial charge in [0.05, 0.1) is 0 Å². The molecule has 0 atom stereocenters. The molecule has 0 bridgehead atoms. The second kappa shape index (κ2) is 9.17. The Labute approximate surface area is 118 Å². The maximum Gasteiger partial charge on any atom is 0 e. The Kier molecular flexibility index (Phi) is 9.12. The average molecular weight is 370 g/mol. The largest absolute Gasteiger partial charge is 0.214 e. The van der Waals surface area contributed by atoms with E-state index >= 15 is 0 Å². The number of hydrogen-bond acceptors (Lipinski definition) is 0. The van der Waals surface area contributed by atoms with Crippen LogP contribution in [-0.4, -0.2) is 0 Å². The van der Waals surface area contributed by atoms with E-state index in [0.717, 1.165) is 3.39 Å². The van der Waals surface area contributed by atoms with Crippen molar-refractivity contribution in [2.24, 2.45) is 0 Å². The Morgan fingerprint density at radius 2 is 1.53 bits per heavy atom. The van der Waals surface area contributed by atoms with Crippen LogP contribution in [0.1, 0.15) is 5.56 Å². The van der Waals surface area contributed by atoms with E-state index in [1.165, 1.54) is 5.56 Å². The third kappa shape index (κ3) is 7.80. The molecular weight excluding hydrogens is 360 g/mol. The number of hydrogen-bond donors (Lipinski definition) is 0. The van der Waals surface area contributed by atoms with Gasteiger partial charge >= 0.3 is 0 Å². The molecule has 0 unspecified atom stereocenters. The Balaban J connectivity index is 0.000000280. The first-order valence-corrected chi connectivity index (χ1v) is 5.79. The van der Waals surface area contributed by atoms with Crippen LogP contribution in [0.3, 0.4) is 0 Å². The summed E-state index contributed by atoms with van der Waals surface area (Å²) in [7, 11) is 0. The second-order valence-corrected chi connectivity index (χ2v) is 5.39. The summed E-state index contributed by atoms with van der Waals surface area (Å²) in [5, 5.41) is 0. The van der Waals surface area contributed by atoms with E-state index in [9.17, 15) is 0 Å². The standard InChI is InChI=1S/C7H5Br2.C5H5.Fe/c8-7(9)5-6-3-1-2-4-6;1-2-4-5-3-1;/h1-5H;1-5H;/q2*-1;. The summed E-state index contributed by atoms with van der Waals surface area (Å²) in [6.45, 7) is 0. The van der Waals surface area contributed by atoms with Gasteiger partial charge in [-0.25, -0.2) is 12.1 Å². The molecule has 82 valence electrons. The minimum Gasteiger partial charge on any atom is -0.214 e. The van der Waals surface area contributed by atoms with Crippen molar-refractivity contribution >= 4 is 37.9 Å². The maximum atomic E-state index is 3.27. The summed E-state index contributed by atoms with van der Waals surface area (Å²) in [6, 6.07) is 18.1. The molecule has 0 aliphatic rings. The van der Waals surface area contributed by atoms with E-state index in [2.05, 4.69) is 31.9 Å². The molecular formula is C12H10Br2Fe-2. The molecule has 0 fully saturated rings. The molecule has 0 aliphatic carbocycles. The molecule has 0 heterocycles. The molecule has 2 aromatic carbocycles. The zero-order valence-corrected chi connectivity index (χ0v) is 12.2. The zero-order chi connectivity index (χ0) is 10.2. The van der Waals surface area contributed by atoms with Crippen LogP contribution in [0.25, 0.3) is 6.08 Å². The van der Waals surface area contributed by atoms with Crippen molar-refractivity contribution in [1.82, 2.24) is 0 Å². The molecule has 2 aromatic rings. The van der Waals surface area contributed by atoms with Gasteiger partial charge < -0.3 is 0 Å². The van der Waals surface area contributed by atoms with Crippen molar-refractivity contribution in [3.8, 4) is 0 Å². The predicted molar refractivity (Wildman–Crippen MR) is 69.9 cm³/mol. The average Bonchev–Trinajstić information content (AvgIpc) is 2.75. The van der Waals surface area contributed by atoms with Crippen LogP contribution >= 0.6 is 31.9 Å². The van der Waals surface area contributed by atoms with E-state index in [-0.39, 0.29) is 17.1 Å². The SMILES string of the molecule is BrC(Br)=C[c-]1cccc1.[Fe].c1cc[cH-]c1. The van der Waals surface area contributed by atoms with Crippen LogP contribution < -0.4 is 0 Å². The van der Waals surface area contributed by atoms with Crippen LogP contribution in [-0.2, 0) is 17.1 Å². The first kappa shape index (κ1) is 14.9. The minimum atomic E-state index is 0. The monoisotopic (exact) mass is 368 g/mol. The van der Waals surface area contributed by atoms with Gasteiger partial charge in [-0.1, -0.05) is 0 Å². The first-order chi connectivity index (χ1) is 6.79. The summed E-state index contributed by atoms with van der Waals surface area (Å²) in [5.41, 5.74) is 1.21. The van der Waals surface area contributed by atoms with Crippen molar-refractivity contribution < 1.29 is 17.1 Å². The molecule has 0 aliphatic heterocycles. The van der Waals surface area contributed by atoms with Crippen LogP contribution in [0.5, 0.6) is 0 Å². The van der Waals surface area contributed by atoms with Gasteiger partial charge in [-0.15, -0.1) is 55.6 Å². The molecule has 0 N–H and O–H groups in total. The Hall–Kier alpha value is -0.0805. The molecule has 15 heavy (non-hydrogen) atoms. The fourth-order valence-electron chi connectivity index (χ4n) is 0.932. The topological polar surface area (TPSA) is 0 Å². The maximum absolute atomic E-state index is 3.27. The van der Waals surface area contributed by atoms with Crippen LogP contribution in [0.2, 0.25) is 0 Å². The van der Waals surface area contributed by atoms with Crippen LogP contribution in [0, 0.1) is 0 Å². The van der Waals surface area contributed by atoms with Gasteiger partial charge in [-0.05, 0) is 3.39 Å². The normalized spacial score (nSPS) is 8.13. The van der Waals surface area contributed by atoms with Gasteiger partial charge in [0.15, 0.2) is 0 Å². The predicted octanol–water partition coefficient (Wildman–Crippen LogP) is 4.90. The molecule has 0 spiro atoms. The third-order valence-corrected chi connectivity index (χ3v) is 1.98. The quantitative estimate of drug-likeness (QED) is 0.495. The van der Waals surface area contributed by atoms with Crippen molar-refractivity contribution in [2.75, 3.05) is 0 Å². The molecule has 0 amide bonds. The van der Waals surface area contributed by atoms with Crippen molar-refractivity contribution in [1.29, 1.82) is 0 Å². The second-order valence-electron chi connectivity index (χ2n) is 2.61. The minimum absolute atomic E-state index is 0. The zero-order valence-electron chi connectivity index (χ0n) is 7.88. The third-order valence-electron chi connectivity index (χ3n) is 1.52. The van der Waals surface area contributed by atoms with E-state index in [1.807, 2.05) is 60.7 Å². The van der Waals surface area contributed by atoms with Gasteiger partial charge in [-0.3, -0.25) is 0 Å². The molecule has 3 heteroatoms. The van der Waals surface area contributed by atoms with Crippen molar-refractivity contribution in [2.45, 2.75) is 0 Å². The summed E-state index contributed by atoms with van der Waals surface area (Å²) in [5.74, 6) is 0. The van der Waals surface area contributed by atoms with E-state index in [1.54, 1.807) is 0 Å². The molecule has 0 aromatic heterocycles. The smallest absolute Gasteiger partial charge is 0 e. The number of halogens is 2. The molecule has 0 nitrogen and oxygen atoms in total. The van der Waals surface area contributed by atoms with Gasteiger partial charge in [0.2, 0.25) is 0 Å². The fraction of sp³-hybridized carbons (Fsp3) is 0. The summed E-state index contributed by atoms with van der Waals surface area (Å²) in [6.07, 6.45) is 2.00. The summed E-state index contributed by atoms with van der Waals surface area (Å²) >= 11 is 6.55. The van der Waals surface area contributed by atoms with Gasteiger partial charge in [-0.2, -0.15) is 30.3 Å². The Morgan fingerprint density at radius 1 is 1.00 bits per heavy atom. The van der Waals surface area contributed by atoms with Gasteiger partial charge in [0.25, 0.3) is 0 Å². The van der Waals surface area contributed by atoms with Crippen LogP contribution in [0.15, 0.2) is 58.0 Å². The Morgan fingerprint density at radius 3 is 1.87 bits per heavy atom. The number of rotatable bonds is 1. The fourth-order valence-corrected chi connectivity index (χ4v) is 1.46. The summed E-state index contributed by atoms with van der Waals surface area (Å²) in [4.78, 5) is 0. The summed E-state index contributed by atoms with van der Waals surface area (Å²) < 4.78 is 0.973. The van der Waals surface area contributed by atoms with E-state index in [0.29, 0.717) is 0 Å². The van der Waals surface area contributed by atoms with Crippen LogP contribution in [0.4, 0.5) is 0 Å².